The van der Waals surface area contributed by atoms with E-state index in [0.29, 0.717) is 27.9 Å². The molecule has 0 saturated carbocycles. The molecule has 0 spiro atoms. The first-order valence-corrected chi connectivity index (χ1v) is 8.90. The summed E-state index contributed by atoms with van der Waals surface area (Å²) in [7, 11) is 0. The number of ether oxygens (including phenoxy) is 1. The molecule has 0 amide bonds. The smallest absolute Gasteiger partial charge is 0.187 e. The van der Waals surface area contributed by atoms with Gasteiger partial charge in [0.05, 0.1) is 10.0 Å². The molecule has 3 rings (SSSR count). The SMILES string of the molecule is O=C(/C=C/c1ccc(COc2ccc(F)c(Cl)c2)o1)c1ccc(Cl)cc1Cl. The van der Waals surface area contributed by atoms with Crippen molar-refractivity contribution in [1.29, 1.82) is 0 Å². The number of hydrogen-bond donors (Lipinski definition) is 0. The molecule has 0 radical (unpaired) electrons. The summed E-state index contributed by atoms with van der Waals surface area (Å²) < 4.78 is 24.2. The Hall–Kier alpha value is -2.27. The highest BCUT2D eigenvalue weighted by atomic mass is 35.5. The van der Waals surface area contributed by atoms with E-state index in [1.54, 1.807) is 24.3 Å². The highest BCUT2D eigenvalue weighted by molar-refractivity contribution is 6.37. The van der Waals surface area contributed by atoms with E-state index in [0.717, 1.165) is 0 Å². The molecule has 0 bridgehead atoms. The zero-order valence-corrected chi connectivity index (χ0v) is 16.0. The van der Waals surface area contributed by atoms with E-state index < -0.39 is 5.82 Å². The minimum absolute atomic E-state index is 0.0186. The van der Waals surface area contributed by atoms with Gasteiger partial charge in [-0.25, -0.2) is 4.39 Å². The van der Waals surface area contributed by atoms with Crippen LogP contribution in [0.2, 0.25) is 15.1 Å². The molecule has 1 aromatic heterocycles. The van der Waals surface area contributed by atoms with Crippen LogP contribution in [0.3, 0.4) is 0 Å². The van der Waals surface area contributed by atoms with Crippen molar-refractivity contribution in [3.05, 3.63) is 92.6 Å². The van der Waals surface area contributed by atoms with E-state index in [1.807, 2.05) is 0 Å². The van der Waals surface area contributed by atoms with Gasteiger partial charge in [0.15, 0.2) is 5.78 Å². The van der Waals surface area contributed by atoms with E-state index in [9.17, 15) is 9.18 Å². The van der Waals surface area contributed by atoms with E-state index in [4.69, 9.17) is 44.0 Å². The summed E-state index contributed by atoms with van der Waals surface area (Å²) in [5.74, 6) is 0.644. The number of carbonyl (C=O) groups is 1. The number of carbonyl (C=O) groups excluding carboxylic acids is 1. The largest absolute Gasteiger partial charge is 0.486 e. The van der Waals surface area contributed by atoms with E-state index in [1.165, 1.54) is 36.4 Å². The molecule has 0 N–H and O–H groups in total. The second kappa shape index (κ2) is 8.61. The molecule has 0 aliphatic heterocycles. The third kappa shape index (κ3) is 5.13. The summed E-state index contributed by atoms with van der Waals surface area (Å²) in [5, 5.41) is 0.720. The molecule has 27 heavy (non-hydrogen) atoms. The molecule has 2 aromatic carbocycles. The van der Waals surface area contributed by atoms with E-state index >= 15 is 0 Å². The summed E-state index contributed by atoms with van der Waals surface area (Å²) in [6.45, 7) is 0.132. The van der Waals surface area contributed by atoms with Crippen LogP contribution in [0.25, 0.3) is 6.08 Å². The molecule has 0 saturated heterocycles. The fourth-order valence-electron chi connectivity index (χ4n) is 2.22. The highest BCUT2D eigenvalue weighted by Gasteiger charge is 2.09. The van der Waals surface area contributed by atoms with Gasteiger partial charge in [-0.2, -0.15) is 0 Å². The quantitative estimate of drug-likeness (QED) is 0.320. The van der Waals surface area contributed by atoms with Crippen molar-refractivity contribution in [2.45, 2.75) is 6.61 Å². The maximum absolute atomic E-state index is 13.1. The Balaban J connectivity index is 1.62. The molecule has 3 nitrogen and oxygen atoms in total. The molecule has 138 valence electrons. The lowest BCUT2D eigenvalue weighted by molar-refractivity contribution is 0.104. The van der Waals surface area contributed by atoms with Gasteiger partial charge in [-0.1, -0.05) is 34.8 Å². The summed E-state index contributed by atoms with van der Waals surface area (Å²) in [6, 6.07) is 12.2. The molecule has 0 unspecified atom stereocenters. The third-order valence-electron chi connectivity index (χ3n) is 3.55. The molecule has 0 atom stereocenters. The second-order valence-corrected chi connectivity index (χ2v) is 6.74. The molecule has 0 aliphatic rings. The van der Waals surface area contributed by atoms with Gasteiger partial charge < -0.3 is 9.15 Å². The monoisotopic (exact) mass is 424 g/mol. The number of benzene rings is 2. The summed E-state index contributed by atoms with van der Waals surface area (Å²) in [6.07, 6.45) is 2.89. The fraction of sp³-hybridized carbons (Fsp3) is 0.0500. The highest BCUT2D eigenvalue weighted by Crippen LogP contribution is 2.23. The number of hydrogen-bond acceptors (Lipinski definition) is 3. The zero-order valence-electron chi connectivity index (χ0n) is 13.7. The maximum atomic E-state index is 13.1. The van der Waals surface area contributed by atoms with Crippen LogP contribution in [0.1, 0.15) is 21.9 Å². The summed E-state index contributed by atoms with van der Waals surface area (Å²) in [4.78, 5) is 12.2. The Morgan fingerprint density at radius 3 is 2.59 bits per heavy atom. The second-order valence-electron chi connectivity index (χ2n) is 5.49. The van der Waals surface area contributed by atoms with E-state index in [2.05, 4.69) is 0 Å². The molecule has 7 heteroatoms. The number of allylic oxidation sites excluding steroid dienone is 1. The van der Waals surface area contributed by atoms with Crippen molar-refractivity contribution in [1.82, 2.24) is 0 Å². The molecule has 1 heterocycles. The number of rotatable bonds is 6. The van der Waals surface area contributed by atoms with Gasteiger partial charge in [-0.3, -0.25) is 4.79 Å². The summed E-state index contributed by atoms with van der Waals surface area (Å²) >= 11 is 17.5. The number of halogens is 4. The lowest BCUT2D eigenvalue weighted by atomic mass is 10.1. The Bertz CT molecular complexity index is 1010. The fourth-order valence-corrected chi connectivity index (χ4v) is 2.89. The Kier molecular flexibility index (Phi) is 6.22. The summed E-state index contributed by atoms with van der Waals surface area (Å²) in [5.41, 5.74) is 0.348. The van der Waals surface area contributed by atoms with Crippen LogP contribution in [0, 0.1) is 5.82 Å². The van der Waals surface area contributed by atoms with Crippen LogP contribution in [-0.2, 0) is 6.61 Å². The maximum Gasteiger partial charge on any atom is 0.187 e. The standard InChI is InChI=1S/C20H12Cl3FO3/c21-12-1-6-16(17(22)9-12)20(25)8-5-13-2-3-15(27-13)11-26-14-4-7-19(24)18(23)10-14/h1-10H,11H2/b8-5+. The van der Waals surface area contributed by atoms with Crippen molar-refractivity contribution in [3.8, 4) is 5.75 Å². The Morgan fingerprint density at radius 2 is 1.85 bits per heavy atom. The van der Waals surface area contributed by atoms with E-state index in [-0.39, 0.29) is 22.4 Å². The van der Waals surface area contributed by atoms with Crippen LogP contribution in [-0.4, -0.2) is 5.78 Å². The first-order chi connectivity index (χ1) is 12.9. The van der Waals surface area contributed by atoms with Crippen LogP contribution in [0.5, 0.6) is 5.75 Å². The predicted octanol–water partition coefficient (Wildman–Crippen LogP) is 6.85. The topological polar surface area (TPSA) is 39.4 Å². The molecule has 3 aromatic rings. The minimum atomic E-state index is -0.514. The minimum Gasteiger partial charge on any atom is -0.486 e. The van der Waals surface area contributed by atoms with Gasteiger partial charge in [0, 0.05) is 16.7 Å². The first kappa shape index (κ1) is 19.5. The molecular weight excluding hydrogens is 414 g/mol. The predicted molar refractivity (Wildman–Crippen MR) is 104 cm³/mol. The Morgan fingerprint density at radius 1 is 1.04 bits per heavy atom. The van der Waals surface area contributed by atoms with Crippen molar-refractivity contribution in [3.63, 3.8) is 0 Å². The average molecular weight is 426 g/mol. The number of furan rings is 1. The first-order valence-electron chi connectivity index (χ1n) is 7.76. The van der Waals surface area contributed by atoms with Crippen molar-refractivity contribution in [2.24, 2.45) is 0 Å². The van der Waals surface area contributed by atoms with Crippen LogP contribution in [0.15, 0.2) is 59.0 Å². The van der Waals surface area contributed by atoms with Gasteiger partial charge in [0.1, 0.15) is 29.7 Å². The normalized spacial score (nSPS) is 11.1. The van der Waals surface area contributed by atoms with Gasteiger partial charge in [0.25, 0.3) is 0 Å². The van der Waals surface area contributed by atoms with Gasteiger partial charge in [-0.15, -0.1) is 0 Å². The Labute approximate surface area is 169 Å². The van der Waals surface area contributed by atoms with Crippen molar-refractivity contribution >= 4 is 46.7 Å². The molecular formula is C20H12Cl3FO3. The number of ketones is 1. The molecule has 0 fully saturated rings. The van der Waals surface area contributed by atoms with Crippen LogP contribution < -0.4 is 4.74 Å². The van der Waals surface area contributed by atoms with Crippen molar-refractivity contribution in [2.75, 3.05) is 0 Å². The average Bonchev–Trinajstić information content (AvgIpc) is 3.08. The third-order valence-corrected chi connectivity index (χ3v) is 4.39. The lowest BCUT2D eigenvalue weighted by Gasteiger charge is -2.04. The molecule has 0 aliphatic carbocycles. The lowest BCUT2D eigenvalue weighted by Crippen LogP contribution is -1.95. The van der Waals surface area contributed by atoms with Gasteiger partial charge in [0.2, 0.25) is 0 Å². The van der Waals surface area contributed by atoms with Gasteiger partial charge >= 0.3 is 0 Å². The van der Waals surface area contributed by atoms with Crippen LogP contribution >= 0.6 is 34.8 Å². The zero-order chi connectivity index (χ0) is 19.4. The van der Waals surface area contributed by atoms with Crippen LogP contribution in [0.4, 0.5) is 4.39 Å². The van der Waals surface area contributed by atoms with Crippen molar-refractivity contribution < 1.29 is 18.3 Å². The van der Waals surface area contributed by atoms with Gasteiger partial charge in [-0.05, 0) is 54.6 Å².